The first kappa shape index (κ1) is 15.3. The SMILES string of the molecule is Cc1cc2c(N3CCC[C@H](C(=O)c4nccn4C)C3)ncnc2s1. The molecule has 3 aromatic heterocycles. The van der Waals surface area contributed by atoms with Crippen molar-refractivity contribution in [1.29, 1.82) is 0 Å². The van der Waals surface area contributed by atoms with Crippen molar-refractivity contribution >= 4 is 33.2 Å². The zero-order valence-corrected chi connectivity index (χ0v) is 14.6. The molecule has 6 nitrogen and oxygen atoms in total. The van der Waals surface area contributed by atoms with Gasteiger partial charge < -0.3 is 9.47 Å². The van der Waals surface area contributed by atoms with Crippen molar-refractivity contribution < 1.29 is 4.79 Å². The quantitative estimate of drug-likeness (QED) is 0.686. The molecule has 0 aromatic carbocycles. The van der Waals surface area contributed by atoms with Gasteiger partial charge in [0, 0.05) is 43.3 Å². The predicted octanol–water partition coefficient (Wildman–Crippen LogP) is 2.83. The van der Waals surface area contributed by atoms with Gasteiger partial charge in [-0.25, -0.2) is 15.0 Å². The molecule has 124 valence electrons. The minimum atomic E-state index is -0.0374. The summed E-state index contributed by atoms with van der Waals surface area (Å²) in [6, 6.07) is 2.14. The first-order valence-electron chi connectivity index (χ1n) is 8.11. The Kier molecular flexibility index (Phi) is 3.80. The standard InChI is InChI=1S/C17H19N5OS/c1-11-8-13-15(19-10-20-17(13)24-11)22-6-3-4-12(9-22)14(23)16-18-5-7-21(16)2/h5,7-8,10,12H,3-4,6,9H2,1-2H3/t12-/m0/s1. The second kappa shape index (κ2) is 5.98. The molecule has 1 saturated heterocycles. The number of imidazole rings is 1. The highest BCUT2D eigenvalue weighted by atomic mass is 32.1. The highest BCUT2D eigenvalue weighted by molar-refractivity contribution is 7.18. The summed E-state index contributed by atoms with van der Waals surface area (Å²) in [7, 11) is 1.86. The Labute approximate surface area is 144 Å². The molecule has 0 spiro atoms. The van der Waals surface area contributed by atoms with Crippen LogP contribution in [0.2, 0.25) is 0 Å². The van der Waals surface area contributed by atoms with Crippen LogP contribution < -0.4 is 4.90 Å². The number of thiophene rings is 1. The molecule has 0 N–H and O–H groups in total. The van der Waals surface area contributed by atoms with E-state index in [1.165, 1.54) is 4.88 Å². The number of carbonyl (C=O) groups is 1. The molecule has 1 aliphatic rings. The maximum absolute atomic E-state index is 12.8. The molecule has 24 heavy (non-hydrogen) atoms. The van der Waals surface area contributed by atoms with Crippen molar-refractivity contribution in [2.24, 2.45) is 13.0 Å². The van der Waals surface area contributed by atoms with Gasteiger partial charge in [-0.05, 0) is 25.8 Å². The van der Waals surface area contributed by atoms with Crippen LogP contribution in [0, 0.1) is 12.8 Å². The number of aryl methyl sites for hydroxylation is 2. The van der Waals surface area contributed by atoms with Gasteiger partial charge in [-0.3, -0.25) is 4.79 Å². The van der Waals surface area contributed by atoms with Crippen LogP contribution in [-0.4, -0.2) is 38.4 Å². The molecule has 0 radical (unpaired) electrons. The lowest BCUT2D eigenvalue weighted by Gasteiger charge is -2.32. The van der Waals surface area contributed by atoms with Crippen molar-refractivity contribution in [3.63, 3.8) is 0 Å². The number of nitrogens with zero attached hydrogens (tertiary/aromatic N) is 5. The van der Waals surface area contributed by atoms with Gasteiger partial charge >= 0.3 is 0 Å². The van der Waals surface area contributed by atoms with Gasteiger partial charge in [0.05, 0.1) is 5.39 Å². The molecule has 0 saturated carbocycles. The number of piperidine rings is 1. The molecule has 1 atom stereocenters. The third-order valence-corrected chi connectivity index (χ3v) is 5.52. The molecule has 1 aliphatic heterocycles. The van der Waals surface area contributed by atoms with Crippen LogP contribution in [0.15, 0.2) is 24.8 Å². The van der Waals surface area contributed by atoms with Crippen LogP contribution in [0.4, 0.5) is 5.82 Å². The van der Waals surface area contributed by atoms with Crippen molar-refractivity contribution in [1.82, 2.24) is 19.5 Å². The number of ketones is 1. The molecule has 4 heterocycles. The van der Waals surface area contributed by atoms with Gasteiger partial charge in [0.25, 0.3) is 0 Å². The third kappa shape index (κ3) is 2.58. The normalized spacial score (nSPS) is 18.2. The lowest BCUT2D eigenvalue weighted by molar-refractivity contribution is 0.0893. The highest BCUT2D eigenvalue weighted by Gasteiger charge is 2.30. The van der Waals surface area contributed by atoms with E-state index in [4.69, 9.17) is 0 Å². The smallest absolute Gasteiger partial charge is 0.203 e. The molecule has 0 aliphatic carbocycles. The topological polar surface area (TPSA) is 63.9 Å². The van der Waals surface area contributed by atoms with E-state index in [-0.39, 0.29) is 11.7 Å². The van der Waals surface area contributed by atoms with Crippen LogP contribution in [0.25, 0.3) is 10.2 Å². The Bertz CT molecular complexity index is 899. The van der Waals surface area contributed by atoms with Crippen LogP contribution in [-0.2, 0) is 7.05 Å². The Hall–Kier alpha value is -2.28. The number of Topliss-reactive ketones (excluding diaryl/α,β-unsaturated/α-hetero) is 1. The minimum absolute atomic E-state index is 0.0374. The number of hydrogen-bond donors (Lipinski definition) is 0. The highest BCUT2D eigenvalue weighted by Crippen LogP contribution is 2.32. The molecule has 0 unspecified atom stereocenters. The van der Waals surface area contributed by atoms with E-state index in [1.54, 1.807) is 28.4 Å². The average molecular weight is 341 g/mol. The number of anilines is 1. The van der Waals surface area contributed by atoms with Gasteiger partial charge in [0.2, 0.25) is 5.78 Å². The van der Waals surface area contributed by atoms with Gasteiger partial charge in [-0.15, -0.1) is 11.3 Å². The van der Waals surface area contributed by atoms with Gasteiger partial charge in [-0.1, -0.05) is 0 Å². The summed E-state index contributed by atoms with van der Waals surface area (Å²) in [6.45, 7) is 3.69. The number of fused-ring (bicyclic) bond motifs is 1. The monoisotopic (exact) mass is 341 g/mol. The van der Waals surface area contributed by atoms with Crippen LogP contribution in [0.1, 0.15) is 28.3 Å². The Morgan fingerprint density at radius 1 is 1.33 bits per heavy atom. The van der Waals surface area contributed by atoms with E-state index in [0.29, 0.717) is 12.4 Å². The van der Waals surface area contributed by atoms with Crippen molar-refractivity contribution in [2.45, 2.75) is 19.8 Å². The summed E-state index contributed by atoms with van der Waals surface area (Å²) in [5.41, 5.74) is 0. The van der Waals surface area contributed by atoms with E-state index in [0.717, 1.165) is 35.4 Å². The van der Waals surface area contributed by atoms with Crippen LogP contribution >= 0.6 is 11.3 Å². The lowest BCUT2D eigenvalue weighted by Crippen LogP contribution is -2.39. The minimum Gasteiger partial charge on any atom is -0.355 e. The Balaban J connectivity index is 1.63. The first-order valence-corrected chi connectivity index (χ1v) is 8.93. The molecule has 4 rings (SSSR count). The second-order valence-corrected chi connectivity index (χ2v) is 7.52. The van der Waals surface area contributed by atoms with Crippen molar-refractivity contribution in [2.75, 3.05) is 18.0 Å². The van der Waals surface area contributed by atoms with E-state index < -0.39 is 0 Å². The lowest BCUT2D eigenvalue weighted by atomic mass is 9.93. The Morgan fingerprint density at radius 2 is 2.21 bits per heavy atom. The predicted molar refractivity (Wildman–Crippen MR) is 94.6 cm³/mol. The molecule has 7 heteroatoms. The van der Waals surface area contributed by atoms with Crippen LogP contribution in [0.5, 0.6) is 0 Å². The number of rotatable bonds is 3. The molecule has 1 fully saturated rings. The van der Waals surface area contributed by atoms with Gasteiger partial charge in [-0.2, -0.15) is 0 Å². The molecule has 0 bridgehead atoms. The summed E-state index contributed by atoms with van der Waals surface area (Å²) < 4.78 is 1.80. The van der Waals surface area contributed by atoms with E-state index in [1.807, 2.05) is 13.2 Å². The van der Waals surface area contributed by atoms with E-state index in [9.17, 15) is 4.79 Å². The van der Waals surface area contributed by atoms with E-state index in [2.05, 4.69) is 32.8 Å². The van der Waals surface area contributed by atoms with Crippen LogP contribution in [0.3, 0.4) is 0 Å². The molecule has 3 aromatic rings. The van der Waals surface area contributed by atoms with Crippen molar-refractivity contribution in [3.8, 4) is 0 Å². The number of hydrogen-bond acceptors (Lipinski definition) is 6. The maximum Gasteiger partial charge on any atom is 0.203 e. The zero-order chi connectivity index (χ0) is 16.7. The molecular weight excluding hydrogens is 322 g/mol. The summed E-state index contributed by atoms with van der Waals surface area (Å²) in [4.78, 5) is 30.3. The average Bonchev–Trinajstić information content (AvgIpc) is 3.18. The van der Waals surface area contributed by atoms with Gasteiger partial charge in [0.1, 0.15) is 17.0 Å². The summed E-state index contributed by atoms with van der Waals surface area (Å²) in [6.07, 6.45) is 7.00. The Morgan fingerprint density at radius 3 is 3.00 bits per heavy atom. The zero-order valence-electron chi connectivity index (χ0n) is 13.8. The largest absolute Gasteiger partial charge is 0.355 e. The summed E-state index contributed by atoms with van der Waals surface area (Å²) >= 11 is 1.68. The first-order chi connectivity index (χ1) is 11.6. The fraction of sp³-hybridized carbons (Fsp3) is 0.412. The second-order valence-electron chi connectivity index (χ2n) is 6.28. The number of carbonyl (C=O) groups excluding carboxylic acids is 1. The fourth-order valence-electron chi connectivity index (χ4n) is 3.38. The third-order valence-electron chi connectivity index (χ3n) is 4.56. The molecular formula is C17H19N5OS. The molecule has 0 amide bonds. The summed E-state index contributed by atoms with van der Waals surface area (Å²) in [5, 5.41) is 1.09. The fourth-order valence-corrected chi connectivity index (χ4v) is 4.23. The van der Waals surface area contributed by atoms with E-state index >= 15 is 0 Å². The number of aromatic nitrogens is 4. The maximum atomic E-state index is 12.8. The summed E-state index contributed by atoms with van der Waals surface area (Å²) in [5.74, 6) is 1.58. The van der Waals surface area contributed by atoms with Gasteiger partial charge in [0.15, 0.2) is 5.82 Å². The van der Waals surface area contributed by atoms with Crippen molar-refractivity contribution in [3.05, 3.63) is 35.5 Å².